The third-order valence-corrected chi connectivity index (χ3v) is 5.73. The van der Waals surface area contributed by atoms with Crippen molar-refractivity contribution >= 4 is 10.4 Å². The van der Waals surface area contributed by atoms with E-state index in [-0.39, 0.29) is 0 Å². The highest BCUT2D eigenvalue weighted by Crippen LogP contribution is 2.22. The zero-order valence-electron chi connectivity index (χ0n) is 17.1. The molecule has 0 rings (SSSR count). The molecule has 0 unspecified atom stereocenters. The second-order valence-electron chi connectivity index (χ2n) is 7.76. The molecule has 5 heteroatoms. The Morgan fingerprint density at radius 2 is 1.04 bits per heavy atom. The SMILES string of the molecule is CCCCCCCCCCCCCCCCC(C)(C)OS(=O)(=O)OC. The van der Waals surface area contributed by atoms with Crippen molar-refractivity contribution in [3.05, 3.63) is 0 Å². The van der Waals surface area contributed by atoms with E-state index >= 15 is 0 Å². The molecule has 0 fully saturated rings. The highest BCUT2D eigenvalue weighted by Gasteiger charge is 2.26. The molecule has 0 aliphatic carbocycles. The Balaban J connectivity index is 3.39. The lowest BCUT2D eigenvalue weighted by Crippen LogP contribution is -2.28. The van der Waals surface area contributed by atoms with Crippen molar-refractivity contribution in [3.8, 4) is 0 Å². The summed E-state index contributed by atoms with van der Waals surface area (Å²) in [6.45, 7) is 5.86. The van der Waals surface area contributed by atoms with Crippen LogP contribution >= 0.6 is 0 Å². The first-order valence-corrected chi connectivity index (χ1v) is 11.7. The second kappa shape index (κ2) is 15.0. The Bertz CT molecular complexity index is 391. The molecule has 0 aromatic carbocycles. The van der Waals surface area contributed by atoms with Crippen LogP contribution in [0.25, 0.3) is 0 Å². The fourth-order valence-electron chi connectivity index (χ4n) is 3.10. The molecule has 0 heterocycles. The number of hydrogen-bond acceptors (Lipinski definition) is 4. The van der Waals surface area contributed by atoms with E-state index in [1.165, 1.54) is 77.0 Å². The summed E-state index contributed by atoms with van der Waals surface area (Å²) < 4.78 is 32.0. The zero-order valence-corrected chi connectivity index (χ0v) is 18.0. The van der Waals surface area contributed by atoms with Crippen LogP contribution in [0.15, 0.2) is 0 Å². The maximum Gasteiger partial charge on any atom is 0.400 e. The molecule has 0 aliphatic rings. The number of unbranched alkanes of at least 4 members (excludes halogenated alkanes) is 13. The van der Waals surface area contributed by atoms with Crippen molar-refractivity contribution < 1.29 is 16.8 Å². The molecule has 0 atom stereocenters. The average Bonchev–Trinajstić information content (AvgIpc) is 2.54. The molecule has 25 heavy (non-hydrogen) atoms. The van der Waals surface area contributed by atoms with Crippen molar-refractivity contribution in [2.75, 3.05) is 7.11 Å². The molecule has 0 radical (unpaired) electrons. The quantitative estimate of drug-likeness (QED) is 0.254. The third-order valence-electron chi connectivity index (χ3n) is 4.66. The first-order valence-electron chi connectivity index (χ1n) is 10.3. The summed E-state index contributed by atoms with van der Waals surface area (Å²) in [5.74, 6) is 0. The minimum absolute atomic E-state index is 0.689. The summed E-state index contributed by atoms with van der Waals surface area (Å²) in [5, 5.41) is 0. The van der Waals surface area contributed by atoms with E-state index in [1.807, 2.05) is 0 Å². The van der Waals surface area contributed by atoms with Gasteiger partial charge in [-0.2, -0.15) is 8.42 Å². The van der Waals surface area contributed by atoms with E-state index < -0.39 is 16.0 Å². The van der Waals surface area contributed by atoms with Gasteiger partial charge in [-0.15, -0.1) is 0 Å². The Labute approximate surface area is 157 Å². The topological polar surface area (TPSA) is 52.6 Å². The number of rotatable bonds is 18. The summed E-state index contributed by atoms with van der Waals surface area (Å²) in [6.07, 6.45) is 19.2. The molecule has 0 N–H and O–H groups in total. The lowest BCUT2D eigenvalue weighted by Gasteiger charge is -2.23. The molecular formula is C20H42O4S. The first kappa shape index (κ1) is 24.9. The minimum Gasteiger partial charge on any atom is -0.252 e. The van der Waals surface area contributed by atoms with Crippen LogP contribution in [0.1, 0.15) is 117 Å². The largest absolute Gasteiger partial charge is 0.400 e. The Kier molecular flexibility index (Phi) is 14.9. The lowest BCUT2D eigenvalue weighted by molar-refractivity contribution is 0.0820. The van der Waals surface area contributed by atoms with Gasteiger partial charge < -0.3 is 0 Å². The van der Waals surface area contributed by atoms with Gasteiger partial charge in [0.25, 0.3) is 0 Å². The van der Waals surface area contributed by atoms with Crippen LogP contribution in [0.4, 0.5) is 0 Å². The average molecular weight is 379 g/mol. The van der Waals surface area contributed by atoms with Crippen molar-refractivity contribution in [1.29, 1.82) is 0 Å². The summed E-state index contributed by atoms with van der Waals surface area (Å²) >= 11 is 0. The standard InChI is InChI=1S/C20H42O4S/c1-5-6-7-8-9-10-11-12-13-14-15-16-17-18-19-20(2,3)24-25(21,22)23-4/h5-19H2,1-4H3. The van der Waals surface area contributed by atoms with Crippen LogP contribution in [0, 0.1) is 0 Å². The molecule has 4 nitrogen and oxygen atoms in total. The minimum atomic E-state index is -3.85. The van der Waals surface area contributed by atoms with E-state index in [0.29, 0.717) is 0 Å². The molecule has 0 aliphatic heterocycles. The van der Waals surface area contributed by atoms with E-state index in [1.54, 1.807) is 13.8 Å². The van der Waals surface area contributed by atoms with Crippen LogP contribution in [0.2, 0.25) is 0 Å². The van der Waals surface area contributed by atoms with Gasteiger partial charge in [0.15, 0.2) is 0 Å². The molecule has 0 saturated carbocycles. The molecule has 0 aromatic rings. The Morgan fingerprint density at radius 1 is 0.680 bits per heavy atom. The second-order valence-corrected chi connectivity index (χ2v) is 9.08. The van der Waals surface area contributed by atoms with Gasteiger partial charge in [0.2, 0.25) is 0 Å². The molecule has 0 amide bonds. The van der Waals surface area contributed by atoms with Gasteiger partial charge in [-0.1, -0.05) is 96.8 Å². The fraction of sp³-hybridized carbons (Fsp3) is 1.00. The van der Waals surface area contributed by atoms with Crippen molar-refractivity contribution in [2.45, 2.75) is 123 Å². The van der Waals surface area contributed by atoms with Gasteiger partial charge in [-0.3, -0.25) is 4.18 Å². The number of hydrogen-bond donors (Lipinski definition) is 0. The summed E-state index contributed by atoms with van der Waals surface area (Å²) in [4.78, 5) is 0. The van der Waals surface area contributed by atoms with E-state index in [9.17, 15) is 8.42 Å². The van der Waals surface area contributed by atoms with Crippen LogP contribution in [-0.2, 0) is 18.8 Å². The highest BCUT2D eigenvalue weighted by atomic mass is 32.3. The van der Waals surface area contributed by atoms with Crippen LogP contribution in [0.3, 0.4) is 0 Å². The van der Waals surface area contributed by atoms with Crippen molar-refractivity contribution in [3.63, 3.8) is 0 Å². The summed E-state index contributed by atoms with van der Waals surface area (Å²) in [6, 6.07) is 0. The Hall–Kier alpha value is -0.130. The van der Waals surface area contributed by atoms with Crippen molar-refractivity contribution in [2.24, 2.45) is 0 Å². The first-order chi connectivity index (χ1) is 11.8. The van der Waals surface area contributed by atoms with Gasteiger partial charge >= 0.3 is 10.4 Å². The predicted molar refractivity (Wildman–Crippen MR) is 106 cm³/mol. The lowest BCUT2D eigenvalue weighted by atomic mass is 9.99. The van der Waals surface area contributed by atoms with Gasteiger partial charge in [0, 0.05) is 0 Å². The van der Waals surface area contributed by atoms with E-state index in [2.05, 4.69) is 11.1 Å². The summed E-state index contributed by atoms with van der Waals surface area (Å²) in [7, 11) is -2.72. The molecular weight excluding hydrogens is 336 g/mol. The third kappa shape index (κ3) is 17.1. The monoisotopic (exact) mass is 378 g/mol. The molecule has 0 bridgehead atoms. The molecule has 0 saturated heterocycles. The van der Waals surface area contributed by atoms with Gasteiger partial charge in [-0.25, -0.2) is 4.18 Å². The molecule has 0 spiro atoms. The zero-order chi connectivity index (χ0) is 19.0. The predicted octanol–water partition coefficient (Wildman–Crippen LogP) is 6.54. The maximum absolute atomic E-state index is 11.3. The van der Waals surface area contributed by atoms with Gasteiger partial charge in [0.1, 0.15) is 0 Å². The van der Waals surface area contributed by atoms with Crippen molar-refractivity contribution in [1.82, 2.24) is 0 Å². The molecule has 152 valence electrons. The van der Waals surface area contributed by atoms with E-state index in [4.69, 9.17) is 4.18 Å². The fourth-order valence-corrected chi connectivity index (χ4v) is 3.80. The Morgan fingerprint density at radius 3 is 1.40 bits per heavy atom. The van der Waals surface area contributed by atoms with Crippen LogP contribution in [-0.4, -0.2) is 21.1 Å². The van der Waals surface area contributed by atoms with Crippen LogP contribution in [0.5, 0.6) is 0 Å². The smallest absolute Gasteiger partial charge is 0.252 e. The van der Waals surface area contributed by atoms with Crippen LogP contribution < -0.4 is 0 Å². The van der Waals surface area contributed by atoms with Gasteiger partial charge in [0.05, 0.1) is 12.7 Å². The summed E-state index contributed by atoms with van der Waals surface area (Å²) in [5.41, 5.74) is -0.689. The van der Waals surface area contributed by atoms with E-state index in [0.717, 1.165) is 26.4 Å². The normalized spacial score (nSPS) is 12.6. The maximum atomic E-state index is 11.3. The highest BCUT2D eigenvalue weighted by molar-refractivity contribution is 7.81. The molecule has 0 aromatic heterocycles. The van der Waals surface area contributed by atoms with Gasteiger partial charge in [-0.05, 0) is 20.3 Å².